The van der Waals surface area contributed by atoms with Crippen LogP contribution >= 0.6 is 22.9 Å². The van der Waals surface area contributed by atoms with E-state index in [1.165, 1.54) is 0 Å². The molecule has 0 atom stereocenters. The fraction of sp³-hybridized carbons (Fsp3) is 0.727. The molecule has 1 saturated carbocycles. The summed E-state index contributed by atoms with van der Waals surface area (Å²) in [6.45, 7) is 9.59. The summed E-state index contributed by atoms with van der Waals surface area (Å²) in [5.74, 6) is 0.315. The Kier molecular flexibility index (Phi) is 2.94. The van der Waals surface area contributed by atoms with Gasteiger partial charge in [-0.05, 0) is 28.3 Å². The highest BCUT2D eigenvalue weighted by Crippen LogP contribution is 2.67. The Labute approximate surface area is 110 Å². The SMILES string of the molecule is CC1(C)C(CNC(=O)c2nnc(Cl)s2)C1(C)C. The standard InChI is InChI=1S/C11H16ClN3OS/c1-10(2)6(11(10,3)4)5-13-7(16)8-14-15-9(12)17-8/h6H,5H2,1-4H3,(H,13,16). The first-order valence-corrected chi connectivity index (χ1v) is 6.73. The molecule has 0 aliphatic heterocycles. The summed E-state index contributed by atoms with van der Waals surface area (Å²) in [5, 5.41) is 10.5. The summed E-state index contributed by atoms with van der Waals surface area (Å²) in [5.41, 5.74) is 0.554. The molecular weight excluding hydrogens is 258 g/mol. The van der Waals surface area contributed by atoms with Crippen LogP contribution in [0.4, 0.5) is 0 Å². The third-order valence-corrected chi connectivity index (χ3v) is 5.40. The molecule has 0 bridgehead atoms. The maximum absolute atomic E-state index is 11.8. The molecule has 1 aromatic heterocycles. The van der Waals surface area contributed by atoms with Crippen LogP contribution in [0.25, 0.3) is 0 Å². The first-order chi connectivity index (χ1) is 7.76. The number of carbonyl (C=O) groups excluding carboxylic acids is 1. The summed E-state index contributed by atoms with van der Waals surface area (Å²) < 4.78 is 0.294. The molecule has 1 aliphatic rings. The van der Waals surface area contributed by atoms with Crippen LogP contribution in [0.2, 0.25) is 4.47 Å². The van der Waals surface area contributed by atoms with E-state index >= 15 is 0 Å². The molecule has 1 amide bonds. The Bertz CT molecular complexity index is 441. The minimum atomic E-state index is -0.187. The van der Waals surface area contributed by atoms with E-state index in [4.69, 9.17) is 11.6 Å². The lowest BCUT2D eigenvalue weighted by Gasteiger charge is -2.04. The zero-order chi connectivity index (χ0) is 12.8. The fourth-order valence-electron chi connectivity index (χ4n) is 2.41. The van der Waals surface area contributed by atoms with Crippen molar-refractivity contribution in [3.05, 3.63) is 9.47 Å². The van der Waals surface area contributed by atoms with E-state index < -0.39 is 0 Å². The molecule has 17 heavy (non-hydrogen) atoms. The van der Waals surface area contributed by atoms with Crippen molar-refractivity contribution in [1.29, 1.82) is 0 Å². The predicted octanol–water partition coefficient (Wildman–Crippen LogP) is 2.60. The molecule has 0 saturated heterocycles. The molecule has 1 N–H and O–H groups in total. The average Bonchev–Trinajstić information content (AvgIpc) is 2.55. The third kappa shape index (κ3) is 2.06. The maximum atomic E-state index is 11.8. The van der Waals surface area contributed by atoms with Gasteiger partial charge in [-0.25, -0.2) is 0 Å². The third-order valence-electron chi connectivity index (χ3n) is 4.38. The summed E-state index contributed by atoms with van der Waals surface area (Å²) in [6.07, 6.45) is 0. The molecule has 1 aliphatic carbocycles. The van der Waals surface area contributed by atoms with E-state index in [9.17, 15) is 4.79 Å². The van der Waals surface area contributed by atoms with Crippen LogP contribution in [0.1, 0.15) is 37.5 Å². The van der Waals surface area contributed by atoms with E-state index in [1.807, 2.05) is 0 Å². The largest absolute Gasteiger partial charge is 0.350 e. The quantitative estimate of drug-likeness (QED) is 0.921. The van der Waals surface area contributed by atoms with Crippen LogP contribution in [0, 0.1) is 16.7 Å². The first-order valence-electron chi connectivity index (χ1n) is 5.54. The van der Waals surface area contributed by atoms with Crippen LogP contribution in [0.3, 0.4) is 0 Å². The van der Waals surface area contributed by atoms with Gasteiger partial charge in [0.15, 0.2) is 0 Å². The minimum Gasteiger partial charge on any atom is -0.350 e. The second-order valence-corrected chi connectivity index (χ2v) is 7.13. The molecular formula is C11H16ClN3OS. The molecule has 0 unspecified atom stereocenters. The summed E-state index contributed by atoms with van der Waals surface area (Å²) >= 11 is 6.73. The van der Waals surface area contributed by atoms with Crippen molar-refractivity contribution in [1.82, 2.24) is 15.5 Å². The first kappa shape index (κ1) is 12.8. The number of aromatic nitrogens is 2. The Balaban J connectivity index is 1.91. The topological polar surface area (TPSA) is 54.9 Å². The second-order valence-electron chi connectivity index (χ2n) is 5.57. The van der Waals surface area contributed by atoms with Gasteiger partial charge in [0.25, 0.3) is 5.91 Å². The lowest BCUT2D eigenvalue weighted by atomic mass is 10.0. The zero-order valence-corrected chi connectivity index (χ0v) is 11.9. The molecule has 0 radical (unpaired) electrons. The van der Waals surface area contributed by atoms with Crippen LogP contribution in [-0.4, -0.2) is 22.6 Å². The molecule has 6 heteroatoms. The van der Waals surface area contributed by atoms with Gasteiger partial charge in [-0.1, -0.05) is 39.0 Å². The second kappa shape index (κ2) is 3.92. The fourth-order valence-corrected chi connectivity index (χ4v) is 3.16. The van der Waals surface area contributed by atoms with E-state index in [0.29, 0.717) is 21.9 Å². The number of halogens is 1. The van der Waals surface area contributed by atoms with Crippen molar-refractivity contribution in [2.45, 2.75) is 27.7 Å². The summed E-state index contributed by atoms with van der Waals surface area (Å²) in [6, 6.07) is 0. The lowest BCUT2D eigenvalue weighted by Crippen LogP contribution is -2.27. The smallest absolute Gasteiger partial charge is 0.282 e. The highest BCUT2D eigenvalue weighted by Gasteiger charge is 2.64. The molecule has 4 nitrogen and oxygen atoms in total. The highest BCUT2D eigenvalue weighted by molar-refractivity contribution is 7.17. The monoisotopic (exact) mass is 273 g/mol. The molecule has 2 rings (SSSR count). The van der Waals surface area contributed by atoms with Crippen molar-refractivity contribution in [2.24, 2.45) is 16.7 Å². The molecule has 1 aromatic rings. The van der Waals surface area contributed by atoms with Gasteiger partial charge < -0.3 is 5.32 Å². The molecule has 1 heterocycles. The summed E-state index contributed by atoms with van der Waals surface area (Å²) in [7, 11) is 0. The molecule has 94 valence electrons. The van der Waals surface area contributed by atoms with E-state index in [-0.39, 0.29) is 16.7 Å². The summed E-state index contributed by atoms with van der Waals surface area (Å²) in [4.78, 5) is 11.8. The molecule has 1 fully saturated rings. The normalized spacial score (nSPS) is 21.2. The number of rotatable bonds is 3. The van der Waals surface area contributed by atoms with Gasteiger partial charge in [-0.3, -0.25) is 4.79 Å². The van der Waals surface area contributed by atoms with E-state index in [1.54, 1.807) is 0 Å². The van der Waals surface area contributed by atoms with Crippen molar-refractivity contribution >= 4 is 28.8 Å². The van der Waals surface area contributed by atoms with Crippen molar-refractivity contribution in [3.8, 4) is 0 Å². The number of nitrogens with zero attached hydrogens (tertiary/aromatic N) is 2. The van der Waals surface area contributed by atoms with Gasteiger partial charge in [-0.2, -0.15) is 0 Å². The number of nitrogens with one attached hydrogen (secondary N) is 1. The Morgan fingerprint density at radius 3 is 2.35 bits per heavy atom. The number of carbonyl (C=O) groups is 1. The average molecular weight is 274 g/mol. The van der Waals surface area contributed by atoms with Crippen molar-refractivity contribution in [3.63, 3.8) is 0 Å². The number of hydrogen-bond donors (Lipinski definition) is 1. The van der Waals surface area contributed by atoms with Crippen molar-refractivity contribution < 1.29 is 4.79 Å². The minimum absolute atomic E-state index is 0.187. The maximum Gasteiger partial charge on any atom is 0.282 e. The van der Waals surface area contributed by atoms with Gasteiger partial charge in [0, 0.05) is 6.54 Å². The number of hydrogen-bond acceptors (Lipinski definition) is 4. The Hall–Kier alpha value is -0.680. The van der Waals surface area contributed by atoms with Crippen LogP contribution in [0.15, 0.2) is 0 Å². The van der Waals surface area contributed by atoms with Crippen molar-refractivity contribution in [2.75, 3.05) is 6.54 Å². The Morgan fingerprint density at radius 2 is 1.94 bits per heavy atom. The highest BCUT2D eigenvalue weighted by atomic mass is 35.5. The number of amides is 1. The van der Waals surface area contributed by atoms with Crippen LogP contribution in [0.5, 0.6) is 0 Å². The van der Waals surface area contributed by atoms with E-state index in [2.05, 4.69) is 43.2 Å². The van der Waals surface area contributed by atoms with Gasteiger partial charge >= 0.3 is 0 Å². The van der Waals surface area contributed by atoms with Gasteiger partial charge in [0.2, 0.25) is 9.47 Å². The van der Waals surface area contributed by atoms with Gasteiger partial charge in [0.05, 0.1) is 0 Å². The van der Waals surface area contributed by atoms with Crippen LogP contribution in [-0.2, 0) is 0 Å². The van der Waals surface area contributed by atoms with Gasteiger partial charge in [-0.15, -0.1) is 10.2 Å². The van der Waals surface area contributed by atoms with E-state index in [0.717, 1.165) is 11.3 Å². The lowest BCUT2D eigenvalue weighted by molar-refractivity contribution is 0.0949. The predicted molar refractivity (Wildman–Crippen MR) is 68.3 cm³/mol. The molecule has 0 spiro atoms. The van der Waals surface area contributed by atoms with Gasteiger partial charge in [0.1, 0.15) is 0 Å². The van der Waals surface area contributed by atoms with Crippen LogP contribution < -0.4 is 5.32 Å². The molecule has 0 aromatic carbocycles. The zero-order valence-electron chi connectivity index (χ0n) is 10.4. The Morgan fingerprint density at radius 1 is 1.35 bits per heavy atom.